The Labute approximate surface area is 437 Å². The summed E-state index contributed by atoms with van der Waals surface area (Å²) in [5.74, 6) is -1.54. The molecule has 0 saturated carbocycles. The van der Waals surface area contributed by atoms with Crippen LogP contribution in [0.2, 0.25) is 0 Å². The zero-order chi connectivity index (χ0) is 52.7. The van der Waals surface area contributed by atoms with Gasteiger partial charge in [-0.1, -0.05) is 75.8 Å². The summed E-state index contributed by atoms with van der Waals surface area (Å²) in [5.41, 5.74) is 3.43. The summed E-state index contributed by atoms with van der Waals surface area (Å²) in [4.78, 5) is 24.1. The Morgan fingerprint density at radius 1 is 0.620 bits per heavy atom. The SMILES string of the molecule is C.CCOC(=O)c1cccc2c1CCC2c1ccccc1C(F)(F)F.CCOC(=O)c1cccc2c1CCC2c1ccccc1C(F)(F)F.CSF.[B]B([B])B(B([B])[B])B(B([B])[B][BH3-])B(B([BH3-])[BH3-])B([BH3-])[BH3-]. The molecule has 0 saturated heterocycles. The molecule has 71 heavy (non-hydrogen) atoms. The summed E-state index contributed by atoms with van der Waals surface area (Å²) < 4.78 is 100. The van der Waals surface area contributed by atoms with Gasteiger partial charge in [-0.05, 0) is 168 Å². The highest BCUT2D eigenvalue weighted by molar-refractivity contribution is 8.18. The molecule has 11 radical (unpaired) electrons. The molecular weight excluding hydrogens is 915 g/mol. The van der Waals surface area contributed by atoms with Gasteiger partial charge in [0.2, 0.25) is 0 Å². The van der Waals surface area contributed by atoms with Gasteiger partial charge in [-0.2, -0.15) is 37.3 Å². The fourth-order valence-electron chi connectivity index (χ4n) is 8.41. The van der Waals surface area contributed by atoms with E-state index in [-0.39, 0.29) is 76.3 Å². The molecular formula is C40H56B19F7O4S-5. The van der Waals surface area contributed by atoms with Crippen LogP contribution in [0.1, 0.15) is 111 Å². The molecule has 4 aromatic carbocycles. The lowest BCUT2D eigenvalue weighted by Gasteiger charge is -2.49. The number of fused-ring (bicyclic) bond motifs is 2. The molecule has 0 N–H and O–H groups in total. The third kappa shape index (κ3) is 17.0. The van der Waals surface area contributed by atoms with Crippen LogP contribution in [0.25, 0.3) is 0 Å². The molecule has 4 aromatic rings. The van der Waals surface area contributed by atoms with Gasteiger partial charge in [-0.25, -0.2) is 9.59 Å². The number of rotatable bonds is 14. The third-order valence-corrected chi connectivity index (χ3v) is 11.0. The van der Waals surface area contributed by atoms with E-state index in [0.717, 1.165) is 53.5 Å². The maximum absolute atomic E-state index is 13.3. The van der Waals surface area contributed by atoms with E-state index < -0.39 is 48.2 Å². The summed E-state index contributed by atoms with van der Waals surface area (Å²) in [5, 5.41) is 0. The van der Waals surface area contributed by atoms with Gasteiger partial charge >= 0.3 is 24.3 Å². The lowest BCUT2D eigenvalue weighted by Crippen LogP contribution is -2.79. The fraction of sp³-hybridized carbons (Fsp3) is 0.350. The van der Waals surface area contributed by atoms with Crippen LogP contribution in [0, 0.1) is 0 Å². The molecule has 0 amide bonds. The van der Waals surface area contributed by atoms with Crippen LogP contribution >= 0.6 is 12.1 Å². The molecule has 31 heteroatoms. The van der Waals surface area contributed by atoms with Crippen LogP contribution in [0.4, 0.5) is 30.2 Å². The number of alkyl halides is 6. The zero-order valence-electron chi connectivity index (χ0n) is 36.3. The third-order valence-electron chi connectivity index (χ3n) is 11.0. The Kier molecular flexibility index (Phi) is 26.8. The van der Waals surface area contributed by atoms with Crippen molar-refractivity contribution in [2.75, 3.05) is 19.5 Å². The molecule has 2 atom stereocenters. The second-order valence-corrected chi connectivity index (χ2v) is 15.5. The lowest BCUT2D eigenvalue weighted by molar-refractivity contribution is -0.139. The molecule has 0 aliphatic heterocycles. The zero-order valence-corrected chi connectivity index (χ0v) is 37.1. The Morgan fingerprint density at radius 2 is 0.958 bits per heavy atom. The molecule has 0 heterocycles. The standard InChI is InChI=1S/2C19H17F3O2.CH3FS.CH4.B19H15/c2*1-2-24-18(23)16-8-5-7-12-13(10-11-14(12)16)15-6-3-4-9-17(15)19(20,21)22;1-3-2;;1-11-16(10)19(17(12(2)3)13(4)5)18(14(6)7)15(8)9/h2*3-9,13H,2,10-11H2,1H3;1H3;1H4;1-5H3/q;;;;-5. The van der Waals surface area contributed by atoms with Crippen molar-refractivity contribution in [3.05, 3.63) is 141 Å². The van der Waals surface area contributed by atoms with Gasteiger partial charge in [-0.3, -0.25) is 12.8 Å². The Morgan fingerprint density at radius 3 is 1.25 bits per heavy atom. The number of carbonyl (C=O) groups excluding carboxylic acids is 2. The largest absolute Gasteiger partial charge is 0.462 e. The van der Waals surface area contributed by atoms with E-state index in [4.69, 9.17) is 48.2 Å². The predicted molar refractivity (Wildman–Crippen MR) is 320 cm³/mol. The molecule has 357 valence electrons. The lowest BCUT2D eigenvalue weighted by atomic mass is 8.40. The second kappa shape index (κ2) is 29.7. The molecule has 0 spiro atoms. The second-order valence-electron chi connectivity index (χ2n) is 15.2. The van der Waals surface area contributed by atoms with E-state index in [1.54, 1.807) is 50.2 Å². The summed E-state index contributed by atoms with van der Waals surface area (Å²) >= 11 is 0.250. The molecule has 4 nitrogen and oxygen atoms in total. The van der Waals surface area contributed by atoms with Gasteiger partial charge in [0.25, 0.3) is 0 Å². The van der Waals surface area contributed by atoms with Crippen LogP contribution in [0.3, 0.4) is 0 Å². The van der Waals surface area contributed by atoms with Crippen LogP contribution in [0.5, 0.6) is 0 Å². The van der Waals surface area contributed by atoms with E-state index in [1.165, 1.54) is 30.5 Å². The highest BCUT2D eigenvalue weighted by atomic mass is 32.2. The average molecular weight is 971 g/mol. The number of ether oxygens (including phenoxy) is 2. The monoisotopic (exact) mass is 975 g/mol. The van der Waals surface area contributed by atoms with E-state index in [1.807, 2.05) is 12.1 Å². The van der Waals surface area contributed by atoms with Crippen molar-refractivity contribution in [1.82, 2.24) is 0 Å². The van der Waals surface area contributed by atoms with Gasteiger partial charge in [0.15, 0.2) is 0 Å². The highest BCUT2D eigenvalue weighted by Gasteiger charge is 2.40. The van der Waals surface area contributed by atoms with Crippen LogP contribution < -0.4 is 0 Å². The van der Waals surface area contributed by atoms with Crippen molar-refractivity contribution in [3.8, 4) is 0 Å². The average Bonchev–Trinajstić information content (AvgIpc) is 3.93. The number of benzene rings is 4. The molecule has 0 bridgehead atoms. The summed E-state index contributed by atoms with van der Waals surface area (Å²) in [7, 11) is 34.8. The first kappa shape index (κ1) is 64.0. The van der Waals surface area contributed by atoms with Gasteiger partial charge < -0.3 is 9.47 Å². The van der Waals surface area contributed by atoms with E-state index >= 15 is 0 Å². The van der Waals surface area contributed by atoms with E-state index in [0.29, 0.717) is 74.1 Å². The van der Waals surface area contributed by atoms with Crippen molar-refractivity contribution in [2.24, 2.45) is 0 Å². The minimum absolute atomic E-state index is 0. The minimum Gasteiger partial charge on any atom is -0.462 e. The van der Waals surface area contributed by atoms with Crippen LogP contribution in [0.15, 0.2) is 84.9 Å². The first-order valence-corrected chi connectivity index (χ1v) is 21.8. The fourth-order valence-corrected chi connectivity index (χ4v) is 8.41. The normalized spacial score (nSPS) is 14.1. The highest BCUT2D eigenvalue weighted by Crippen LogP contribution is 2.46. The maximum Gasteiger partial charge on any atom is 0.416 e. The Bertz CT molecular complexity index is 2140. The summed E-state index contributed by atoms with van der Waals surface area (Å²) in [6.07, 6.45) is -2.32. The number of carbonyl (C=O) groups is 2. The van der Waals surface area contributed by atoms with Crippen molar-refractivity contribution < 1.29 is 49.3 Å². The molecule has 0 fully saturated rings. The molecule has 2 unspecified atom stereocenters. The van der Waals surface area contributed by atoms with E-state index in [2.05, 4.69) is 7.06 Å². The smallest absolute Gasteiger partial charge is 0.416 e. The quantitative estimate of drug-likeness (QED) is 0.105. The van der Waals surface area contributed by atoms with Crippen LogP contribution in [-0.2, 0) is 34.7 Å². The molecule has 0 aromatic heterocycles. The number of esters is 2. The minimum atomic E-state index is -4.39. The summed E-state index contributed by atoms with van der Waals surface area (Å²) in [6, 6.07) is 21.7. The van der Waals surface area contributed by atoms with Gasteiger partial charge in [-0.15, -0.1) is 37.3 Å². The maximum atomic E-state index is 13.3. The molecule has 2 aliphatic rings. The van der Waals surface area contributed by atoms with Gasteiger partial charge in [0, 0.05) is 30.2 Å². The first-order valence-electron chi connectivity index (χ1n) is 20.7. The van der Waals surface area contributed by atoms with Crippen molar-refractivity contribution in [2.45, 2.75) is 71.1 Å². The predicted octanol–water partition coefficient (Wildman–Crippen LogP) is 0.540. The topological polar surface area (TPSA) is 52.6 Å². The van der Waals surface area contributed by atoms with Gasteiger partial charge in [0.1, 0.15) is 0 Å². The molecule has 6 rings (SSSR count). The van der Waals surface area contributed by atoms with Crippen molar-refractivity contribution in [1.29, 1.82) is 0 Å². The number of hydrogen-bond acceptors (Lipinski definition) is 5. The Hall–Kier alpha value is -3.09. The Balaban J connectivity index is 0.000000356. The van der Waals surface area contributed by atoms with E-state index in [9.17, 15) is 39.8 Å². The summed E-state index contributed by atoms with van der Waals surface area (Å²) in [6.45, 7) is 3.98. The van der Waals surface area contributed by atoms with Gasteiger partial charge in [0.05, 0.1) is 35.5 Å². The molecule has 2 aliphatic carbocycles. The number of halogens is 7. The van der Waals surface area contributed by atoms with Crippen molar-refractivity contribution in [3.63, 3.8) is 0 Å². The first-order chi connectivity index (χ1) is 32.9. The number of hydrogen-bond donors (Lipinski definition) is 0. The van der Waals surface area contributed by atoms with Crippen molar-refractivity contribution >= 4 is 160 Å². The van der Waals surface area contributed by atoms with Crippen LogP contribution in [-0.4, -0.2) is 167 Å².